The Morgan fingerprint density at radius 2 is 0.647 bits per heavy atom. The Kier molecular flexibility index (Phi) is 29.9. The van der Waals surface area contributed by atoms with Gasteiger partial charge < -0.3 is 40.2 Å². The molecule has 7 N–H and O–H groups in total. The first kappa shape index (κ1) is 98.5. The van der Waals surface area contributed by atoms with Gasteiger partial charge in [0.25, 0.3) is 5.91 Å². The topological polar surface area (TPSA) is 371 Å². The molecule has 6 fully saturated rings. The minimum atomic E-state index is -5.17. The van der Waals surface area contributed by atoms with E-state index in [1.54, 1.807) is 12.3 Å². The van der Waals surface area contributed by atoms with E-state index in [2.05, 4.69) is 4.98 Å². The lowest BCUT2D eigenvalue weighted by Gasteiger charge is -2.41. The second-order valence-electron chi connectivity index (χ2n) is 33.4. The number of rotatable bonds is 24. The van der Waals surface area contributed by atoms with E-state index in [-0.39, 0.29) is 81.2 Å². The number of halogens is 12. The number of amides is 4. The number of phenolic OH excluding ortho intramolecular Hbond substituents is 1. The molecule has 0 spiro atoms. The molecule has 0 radical (unpaired) electrons. The summed E-state index contributed by atoms with van der Waals surface area (Å²) in [6.07, 6.45) is 18.2. The fourth-order valence-corrected chi connectivity index (χ4v) is 22.8. The largest absolute Gasteiger partial charge is 0.507 e. The number of pyridine rings is 1. The van der Waals surface area contributed by atoms with Crippen LogP contribution in [0.2, 0.25) is 0 Å². The summed E-state index contributed by atoms with van der Waals surface area (Å²) in [6.45, 7) is 0.807. The van der Waals surface area contributed by atoms with E-state index in [0.29, 0.717) is 47.5 Å². The van der Waals surface area contributed by atoms with Crippen molar-refractivity contribution in [2.75, 3.05) is 34.3 Å². The molecule has 9 aromatic rings. The van der Waals surface area contributed by atoms with Gasteiger partial charge in [-0.05, 0) is 167 Å². The number of hydroxylamine groups is 1. The Labute approximate surface area is 755 Å². The van der Waals surface area contributed by atoms with E-state index in [1.807, 2.05) is 54.6 Å². The fraction of sp³-hybridized carbons (Fsp3) is 0.359. The van der Waals surface area contributed by atoms with Crippen molar-refractivity contribution in [3.05, 3.63) is 258 Å². The zero-order valence-electron chi connectivity index (χ0n) is 71.5. The first-order valence-corrected chi connectivity index (χ1v) is 46.8. The highest BCUT2D eigenvalue weighted by molar-refractivity contribution is 7.89. The molecule has 1 aromatic heterocycles. The van der Waals surface area contributed by atoms with Crippen molar-refractivity contribution in [1.82, 2.24) is 23.4 Å². The second kappa shape index (κ2) is 40.4. The summed E-state index contributed by atoms with van der Waals surface area (Å²) in [5, 5.41) is 58.7. The summed E-state index contributed by atoms with van der Waals surface area (Å²) in [5.41, 5.74) is 2.22. The van der Waals surface area contributed by atoms with Gasteiger partial charge in [-0.3, -0.25) is 29.4 Å². The molecule has 26 nitrogen and oxygen atoms in total. The number of sulfonamides is 3. The Bertz CT molecular complexity index is 6070. The zero-order valence-corrected chi connectivity index (χ0v) is 73.9. The van der Waals surface area contributed by atoms with Crippen LogP contribution in [0, 0.1) is 90.6 Å². The Morgan fingerprint density at radius 3 is 0.910 bits per heavy atom. The summed E-state index contributed by atoms with van der Waals surface area (Å²) in [6, 6.07) is 24.5. The van der Waals surface area contributed by atoms with Crippen molar-refractivity contribution in [2.24, 2.45) is 0 Å². The van der Waals surface area contributed by atoms with Crippen LogP contribution in [0.3, 0.4) is 0 Å². The summed E-state index contributed by atoms with van der Waals surface area (Å²) in [5.74, 6) is -31.3. The van der Waals surface area contributed by atoms with Crippen molar-refractivity contribution in [3.8, 4) is 17.2 Å². The molecule has 0 bridgehead atoms. The van der Waals surface area contributed by atoms with Crippen LogP contribution in [0.5, 0.6) is 17.2 Å². The highest BCUT2D eigenvalue weighted by Gasteiger charge is 2.52. The number of phenols is 3. The number of carboxylic acids is 2. The van der Waals surface area contributed by atoms with Crippen molar-refractivity contribution in [3.63, 3.8) is 0 Å². The zero-order chi connectivity index (χ0) is 96.5. The number of benzene rings is 8. The van der Waals surface area contributed by atoms with E-state index < -0.39 is 213 Å². The summed E-state index contributed by atoms with van der Waals surface area (Å²) >= 11 is 0. The van der Waals surface area contributed by atoms with Gasteiger partial charge in [-0.1, -0.05) is 112 Å². The average molecular weight is 1920 g/mol. The third-order valence-corrected chi connectivity index (χ3v) is 31.1. The smallest absolute Gasteiger partial charge is 0.339 e. The van der Waals surface area contributed by atoms with Crippen molar-refractivity contribution >= 4 is 82.7 Å². The molecule has 15 rings (SSSR count). The number of carbonyl (C=O) groups excluding carboxylic acids is 4. The maximum Gasteiger partial charge on any atom is 0.339 e. The molecule has 6 aliphatic rings. The van der Waals surface area contributed by atoms with Gasteiger partial charge in [0, 0.05) is 77.8 Å². The summed E-state index contributed by atoms with van der Waals surface area (Å²) in [4.78, 5) is 79.3. The summed E-state index contributed by atoms with van der Waals surface area (Å²) in [7, 11) is -15.5. The number of aromatic carboxylic acids is 2. The van der Waals surface area contributed by atoms with Crippen molar-refractivity contribution < 1.29 is 137 Å². The molecule has 3 saturated carbocycles. The van der Waals surface area contributed by atoms with Crippen molar-refractivity contribution in [2.45, 2.75) is 207 Å². The Balaban J connectivity index is 0.000000169. The molecule has 41 heteroatoms. The molecule has 8 aromatic carbocycles. The van der Waals surface area contributed by atoms with Crippen LogP contribution >= 0.6 is 0 Å². The summed E-state index contributed by atoms with van der Waals surface area (Å²) < 4.78 is 254. The van der Waals surface area contributed by atoms with Crippen LogP contribution in [0.4, 0.5) is 69.7 Å². The predicted octanol–water partition coefficient (Wildman–Crippen LogP) is 16.8. The molecule has 3 saturated heterocycles. The van der Waals surface area contributed by atoms with Gasteiger partial charge >= 0.3 is 11.9 Å². The maximum absolute atomic E-state index is 14.9. The van der Waals surface area contributed by atoms with Gasteiger partial charge in [-0.15, -0.1) is 0 Å². The standard InChI is InChI=1S/C31H31F4N3O6S.C31H30F4N2O6S.C30H29F4N3O6S/c1-17-25(32)27(34)28(35)29(26(17)33)45(43,44)38-14-13-23(38)31(41)37(21-11-12-22(24(39)15-21)30(40)36-42)16-18-7-9-20(10-8-18)19-5-3-2-4-6-19;1-17-25(32)27(34)28(35)29(26(17)33)44(42,43)37-14-13-23(37)30(39)36(21-11-12-22(31(40)41)24(38)15-21)16-18-7-9-20(10-8-18)19-5-3-2-4-6-19;1-16-24(31)26(33)27(34)28(25(16)32)44(42,43)37-12-11-22(37)29(39)36(20-9-10-21(30(40)41)23(38)13-20)15-19-8-7-18(14-35-19)17-5-3-2-4-6-17/h7-12,15,19,23,39,42H,2-6,13-14,16H2,1H3,(H,36,40);7-12,15,19,23,38H,2-6,13-14,16H2,1H3,(H,40,41);7-10,13-14,17,22,38H,2-6,11-12,15H2,1H3,(H,40,41)/t2*23-;22-/m111/s1. The lowest BCUT2D eigenvalue weighted by atomic mass is 9.84. The number of nitrogens with zero attached hydrogens (tertiary/aromatic N) is 7. The van der Waals surface area contributed by atoms with Crippen molar-refractivity contribution in [1.29, 1.82) is 0 Å². The molecule has 708 valence electrons. The van der Waals surface area contributed by atoms with Crippen LogP contribution in [-0.4, -0.2) is 147 Å². The van der Waals surface area contributed by atoms with Gasteiger partial charge in [0.2, 0.25) is 47.8 Å². The number of aromatic nitrogens is 1. The molecule has 3 aliphatic carbocycles. The number of aromatic hydroxyl groups is 3. The molecular formula is C92H90F12N8O18S3. The minimum Gasteiger partial charge on any atom is -0.507 e. The van der Waals surface area contributed by atoms with Gasteiger partial charge in [0.15, 0.2) is 84.5 Å². The quantitative estimate of drug-likeness (QED) is 0.00971. The Hall–Kier alpha value is -12.0. The maximum atomic E-state index is 14.9. The second-order valence-corrected chi connectivity index (χ2v) is 38.9. The molecule has 0 unspecified atom stereocenters. The van der Waals surface area contributed by atoms with E-state index in [9.17, 15) is 132 Å². The average Bonchev–Trinajstić information content (AvgIpc) is 0.740. The van der Waals surface area contributed by atoms with Crippen LogP contribution in [-0.2, 0) is 64.1 Å². The van der Waals surface area contributed by atoms with Gasteiger partial charge in [0.05, 0.1) is 30.9 Å². The number of hydrogen-bond donors (Lipinski definition) is 7. The first-order chi connectivity index (χ1) is 63.0. The highest BCUT2D eigenvalue weighted by atomic mass is 32.2. The SMILES string of the molecule is Cc1c(F)c(F)c(F)c(S(=O)(=O)N2CC[C@@H]2C(=O)N(Cc2ccc(C3CCCCC3)cc2)c2ccc(C(=O)NO)c(O)c2)c1F.Cc1c(F)c(F)c(F)c(S(=O)(=O)N2CC[C@@H]2C(=O)N(Cc2ccc(C3CCCCC3)cc2)c2ccc(C(=O)O)c(O)c2)c1F.Cc1c(F)c(F)c(F)c(S(=O)(=O)N2CC[C@@H]2C(=O)N(Cc2ccc(C3CCCCC3)cn2)c2ccc(C(=O)O)c(O)c2)c1F. The van der Waals surface area contributed by atoms with E-state index in [4.69, 9.17) is 5.21 Å². The van der Waals surface area contributed by atoms with Gasteiger partial charge in [0.1, 0.15) is 46.5 Å². The van der Waals surface area contributed by atoms with E-state index in [0.717, 1.165) is 166 Å². The molecule has 3 atom stereocenters. The molecule has 4 heterocycles. The van der Waals surface area contributed by atoms with E-state index in [1.165, 1.54) is 42.9 Å². The lowest BCUT2D eigenvalue weighted by molar-refractivity contribution is -0.125. The fourth-order valence-electron chi connectivity index (χ4n) is 17.4. The molecular weight excluding hydrogens is 1830 g/mol. The molecule has 3 aliphatic heterocycles. The Morgan fingerprint density at radius 1 is 0.361 bits per heavy atom. The van der Waals surface area contributed by atoms with E-state index >= 15 is 0 Å². The predicted molar refractivity (Wildman–Crippen MR) is 456 cm³/mol. The number of carboxylic acid groups (broad SMARTS) is 2. The number of hydrogen-bond acceptors (Lipinski definition) is 17. The molecule has 133 heavy (non-hydrogen) atoms. The van der Waals surface area contributed by atoms with Crippen LogP contribution in [0.1, 0.15) is 215 Å². The van der Waals surface area contributed by atoms with Crippen LogP contribution in [0.25, 0.3) is 0 Å². The normalized spacial score (nSPS) is 17.6. The minimum absolute atomic E-state index is 0.000868. The lowest BCUT2D eigenvalue weighted by Crippen LogP contribution is -2.59. The first-order valence-electron chi connectivity index (χ1n) is 42.5. The van der Waals surface area contributed by atoms with Gasteiger partial charge in [-0.2, -0.15) is 12.9 Å². The third-order valence-electron chi connectivity index (χ3n) is 25.3. The number of anilines is 3. The third kappa shape index (κ3) is 19.9. The van der Waals surface area contributed by atoms with Gasteiger partial charge in [-0.25, -0.2) is 93.0 Å². The number of nitrogens with one attached hydrogen (secondary N) is 1. The number of carbonyl (C=O) groups is 6. The van der Waals surface area contributed by atoms with Crippen LogP contribution in [0.15, 0.2) is 136 Å². The highest BCUT2D eigenvalue weighted by Crippen LogP contribution is 2.44. The molecule has 4 amide bonds. The van der Waals surface area contributed by atoms with Crippen LogP contribution < -0.4 is 20.2 Å². The monoisotopic (exact) mass is 1920 g/mol.